The van der Waals surface area contributed by atoms with Crippen LogP contribution in [0.1, 0.15) is 18.1 Å². The van der Waals surface area contributed by atoms with E-state index in [0.717, 1.165) is 14.0 Å². The number of amides is 3. The number of urea groups is 1. The number of benzene rings is 3. The Labute approximate surface area is 224 Å². The molecule has 0 spiro atoms. The molecule has 174 valence electrons. The van der Waals surface area contributed by atoms with Gasteiger partial charge in [-0.1, -0.05) is 29.8 Å². The SMILES string of the molecule is CCOc1cc(/C=C2/NC(=O)N(c3cccc(Cl)c3)C2=O)cc(Br)c1OCc1ccc(I)cc1. The molecule has 1 aliphatic rings. The Morgan fingerprint density at radius 1 is 1.09 bits per heavy atom. The summed E-state index contributed by atoms with van der Waals surface area (Å²) in [5, 5.41) is 3.06. The highest BCUT2D eigenvalue weighted by atomic mass is 127. The van der Waals surface area contributed by atoms with Gasteiger partial charge in [-0.2, -0.15) is 0 Å². The predicted octanol–water partition coefficient (Wildman–Crippen LogP) is 6.78. The molecule has 9 heteroatoms. The Bertz CT molecular complexity index is 1280. The molecule has 0 unspecified atom stereocenters. The molecule has 34 heavy (non-hydrogen) atoms. The maximum atomic E-state index is 12.9. The van der Waals surface area contributed by atoms with Crippen LogP contribution in [0.4, 0.5) is 10.5 Å². The van der Waals surface area contributed by atoms with Gasteiger partial charge in [0.15, 0.2) is 11.5 Å². The van der Waals surface area contributed by atoms with Crippen molar-refractivity contribution < 1.29 is 19.1 Å². The highest BCUT2D eigenvalue weighted by Gasteiger charge is 2.35. The number of imide groups is 1. The number of carbonyl (C=O) groups is 2. The van der Waals surface area contributed by atoms with Gasteiger partial charge >= 0.3 is 6.03 Å². The van der Waals surface area contributed by atoms with E-state index in [-0.39, 0.29) is 5.70 Å². The second-order valence-electron chi connectivity index (χ2n) is 7.29. The van der Waals surface area contributed by atoms with E-state index < -0.39 is 11.9 Å². The zero-order chi connectivity index (χ0) is 24.2. The first-order valence-corrected chi connectivity index (χ1v) is 12.6. The van der Waals surface area contributed by atoms with Crippen molar-refractivity contribution in [2.45, 2.75) is 13.5 Å². The first-order chi connectivity index (χ1) is 16.4. The summed E-state index contributed by atoms with van der Waals surface area (Å²) in [4.78, 5) is 26.5. The molecule has 0 aromatic heterocycles. The largest absolute Gasteiger partial charge is 0.490 e. The molecular weight excluding hydrogens is 635 g/mol. The number of hydrogen-bond acceptors (Lipinski definition) is 4. The third-order valence-corrected chi connectivity index (χ3v) is 6.43. The molecule has 0 saturated carbocycles. The van der Waals surface area contributed by atoms with Gasteiger partial charge in [-0.25, -0.2) is 9.69 Å². The fraction of sp³-hybridized carbons (Fsp3) is 0.120. The van der Waals surface area contributed by atoms with Crippen molar-refractivity contribution in [3.05, 3.63) is 90.6 Å². The standard InChI is InChI=1S/C25H19BrClIN2O4/c1-2-33-22-12-16(10-20(26)23(22)34-14-15-6-8-18(28)9-7-15)11-21-24(31)30(25(32)29-21)19-5-3-4-17(27)13-19/h3-13H,2,14H2,1H3,(H,29,32)/b21-11+. The Morgan fingerprint density at radius 3 is 2.56 bits per heavy atom. The van der Waals surface area contributed by atoms with E-state index in [1.165, 1.54) is 0 Å². The van der Waals surface area contributed by atoms with E-state index in [9.17, 15) is 9.59 Å². The average Bonchev–Trinajstić information content (AvgIpc) is 3.07. The second-order valence-corrected chi connectivity index (χ2v) is 9.82. The second kappa shape index (κ2) is 10.8. The van der Waals surface area contributed by atoms with Crippen LogP contribution < -0.4 is 19.7 Å². The van der Waals surface area contributed by atoms with E-state index in [1.807, 2.05) is 31.2 Å². The summed E-state index contributed by atoms with van der Waals surface area (Å²) in [7, 11) is 0. The molecule has 1 fully saturated rings. The summed E-state index contributed by atoms with van der Waals surface area (Å²) in [6.45, 7) is 2.69. The van der Waals surface area contributed by atoms with Gasteiger partial charge in [0.25, 0.3) is 5.91 Å². The van der Waals surface area contributed by atoms with Gasteiger partial charge in [0.2, 0.25) is 0 Å². The molecule has 0 radical (unpaired) electrons. The Hall–Kier alpha value is -2.56. The van der Waals surface area contributed by atoms with Gasteiger partial charge in [0, 0.05) is 8.59 Å². The summed E-state index contributed by atoms with van der Waals surface area (Å²) in [6, 6.07) is 17.7. The molecule has 1 saturated heterocycles. The fourth-order valence-corrected chi connectivity index (χ4v) is 4.48. The van der Waals surface area contributed by atoms with Crippen LogP contribution in [0, 0.1) is 3.57 Å². The lowest BCUT2D eigenvalue weighted by Crippen LogP contribution is -2.30. The third kappa shape index (κ3) is 5.56. The zero-order valence-electron chi connectivity index (χ0n) is 18.0. The van der Waals surface area contributed by atoms with Crippen molar-refractivity contribution in [3.8, 4) is 11.5 Å². The Balaban J connectivity index is 1.60. The first-order valence-electron chi connectivity index (χ1n) is 10.3. The molecule has 1 N–H and O–H groups in total. The topological polar surface area (TPSA) is 67.9 Å². The molecular formula is C25H19BrClIN2O4. The minimum atomic E-state index is -0.542. The molecule has 1 aliphatic heterocycles. The quantitative estimate of drug-likeness (QED) is 0.174. The molecule has 1 heterocycles. The van der Waals surface area contributed by atoms with Crippen LogP contribution in [0.25, 0.3) is 6.08 Å². The number of anilines is 1. The average molecular weight is 654 g/mol. The lowest BCUT2D eigenvalue weighted by molar-refractivity contribution is -0.113. The number of ether oxygens (including phenoxy) is 2. The van der Waals surface area contributed by atoms with Gasteiger partial charge in [0.05, 0.1) is 16.8 Å². The lowest BCUT2D eigenvalue weighted by atomic mass is 10.1. The number of nitrogens with one attached hydrogen (secondary N) is 1. The molecule has 0 aliphatic carbocycles. The highest BCUT2D eigenvalue weighted by molar-refractivity contribution is 14.1. The predicted molar refractivity (Wildman–Crippen MR) is 144 cm³/mol. The van der Waals surface area contributed by atoms with Crippen molar-refractivity contribution in [2.24, 2.45) is 0 Å². The van der Waals surface area contributed by atoms with E-state index in [4.69, 9.17) is 21.1 Å². The van der Waals surface area contributed by atoms with Crippen molar-refractivity contribution in [1.29, 1.82) is 0 Å². The van der Waals surface area contributed by atoms with E-state index in [1.54, 1.807) is 42.5 Å². The zero-order valence-corrected chi connectivity index (χ0v) is 22.5. The number of carbonyl (C=O) groups excluding carboxylic acids is 2. The van der Waals surface area contributed by atoms with Gasteiger partial charge in [-0.05, 0) is 105 Å². The minimum absolute atomic E-state index is 0.145. The van der Waals surface area contributed by atoms with E-state index in [0.29, 0.717) is 45.5 Å². The highest BCUT2D eigenvalue weighted by Crippen LogP contribution is 2.38. The Morgan fingerprint density at radius 2 is 1.85 bits per heavy atom. The van der Waals surface area contributed by atoms with Crippen LogP contribution in [0.2, 0.25) is 5.02 Å². The number of hydrogen-bond donors (Lipinski definition) is 1. The summed E-state index contributed by atoms with van der Waals surface area (Å²) < 4.78 is 13.7. The first kappa shape index (κ1) is 24.6. The molecule has 3 aromatic carbocycles. The minimum Gasteiger partial charge on any atom is -0.490 e. The summed E-state index contributed by atoms with van der Waals surface area (Å²) in [6.07, 6.45) is 1.60. The lowest BCUT2D eigenvalue weighted by Gasteiger charge is -2.15. The normalized spacial score (nSPS) is 14.5. The summed E-state index contributed by atoms with van der Waals surface area (Å²) >= 11 is 11.8. The van der Waals surface area contributed by atoms with Crippen LogP contribution in [0.3, 0.4) is 0 Å². The summed E-state index contributed by atoms with van der Waals surface area (Å²) in [5.41, 5.74) is 2.23. The van der Waals surface area contributed by atoms with Gasteiger partial charge < -0.3 is 14.8 Å². The monoisotopic (exact) mass is 652 g/mol. The maximum absolute atomic E-state index is 12.9. The molecule has 4 rings (SSSR count). The van der Waals surface area contributed by atoms with Crippen molar-refractivity contribution >= 4 is 73.8 Å². The maximum Gasteiger partial charge on any atom is 0.333 e. The van der Waals surface area contributed by atoms with E-state index >= 15 is 0 Å². The van der Waals surface area contributed by atoms with Crippen LogP contribution in [-0.4, -0.2) is 18.5 Å². The fourth-order valence-electron chi connectivity index (χ4n) is 3.36. The molecule has 0 bridgehead atoms. The van der Waals surface area contributed by atoms with Crippen LogP contribution in [-0.2, 0) is 11.4 Å². The van der Waals surface area contributed by atoms with Gasteiger partial charge in [-0.15, -0.1) is 0 Å². The smallest absolute Gasteiger partial charge is 0.333 e. The van der Waals surface area contributed by atoms with Crippen molar-refractivity contribution in [2.75, 3.05) is 11.5 Å². The molecule has 0 atom stereocenters. The molecule has 3 aromatic rings. The van der Waals surface area contributed by atoms with Crippen LogP contribution in [0.15, 0.2) is 70.8 Å². The Kier molecular flexibility index (Phi) is 7.80. The third-order valence-electron chi connectivity index (χ3n) is 4.88. The molecule has 3 amide bonds. The van der Waals surface area contributed by atoms with Gasteiger partial charge in [0.1, 0.15) is 12.3 Å². The molecule has 6 nitrogen and oxygen atoms in total. The number of rotatable bonds is 7. The van der Waals surface area contributed by atoms with Crippen LogP contribution >= 0.6 is 50.1 Å². The van der Waals surface area contributed by atoms with Crippen molar-refractivity contribution in [3.63, 3.8) is 0 Å². The number of halogens is 3. The van der Waals surface area contributed by atoms with Gasteiger partial charge in [-0.3, -0.25) is 4.79 Å². The number of nitrogens with zero attached hydrogens (tertiary/aromatic N) is 1. The summed E-state index contributed by atoms with van der Waals surface area (Å²) in [5.74, 6) is 0.614. The van der Waals surface area contributed by atoms with Crippen molar-refractivity contribution in [1.82, 2.24) is 5.32 Å². The van der Waals surface area contributed by atoms with Crippen LogP contribution in [0.5, 0.6) is 11.5 Å². The van der Waals surface area contributed by atoms with E-state index in [2.05, 4.69) is 43.8 Å².